The molecule has 6 rings (SSSR count). The topological polar surface area (TPSA) is 117 Å². The van der Waals surface area contributed by atoms with E-state index in [0.717, 1.165) is 36.3 Å². The third-order valence-corrected chi connectivity index (χ3v) is 9.14. The van der Waals surface area contributed by atoms with Gasteiger partial charge < -0.3 is 15.1 Å². The van der Waals surface area contributed by atoms with Crippen molar-refractivity contribution in [3.05, 3.63) is 92.9 Å². The van der Waals surface area contributed by atoms with E-state index in [-0.39, 0.29) is 44.0 Å². The number of aryl methyl sites for hydroxylation is 1. The summed E-state index contributed by atoms with van der Waals surface area (Å²) in [6.07, 6.45) is 3.51. The number of nitrogens with zero attached hydrogens (tertiary/aromatic N) is 4. The summed E-state index contributed by atoms with van der Waals surface area (Å²) in [4.78, 5) is 53.1. The van der Waals surface area contributed by atoms with Gasteiger partial charge in [-0.25, -0.2) is 4.68 Å². The Morgan fingerprint density at radius 2 is 1.69 bits per heavy atom. The maximum Gasteiger partial charge on any atom is 0.271 e. The van der Waals surface area contributed by atoms with Crippen LogP contribution < -0.4 is 16.2 Å². The first-order valence-electron chi connectivity index (χ1n) is 15.5. The lowest BCUT2D eigenvalue weighted by Gasteiger charge is -2.37. The number of benzene rings is 2. The normalized spacial score (nSPS) is 22.2. The van der Waals surface area contributed by atoms with Gasteiger partial charge in [0.2, 0.25) is 11.8 Å². The minimum atomic E-state index is -0.303. The summed E-state index contributed by atoms with van der Waals surface area (Å²) in [5.74, 6) is 6.14. The summed E-state index contributed by atoms with van der Waals surface area (Å²) in [7, 11) is 3.76. The lowest BCUT2D eigenvalue weighted by molar-refractivity contribution is -0.134. The minimum Gasteiger partial charge on any atom is -0.379 e. The number of rotatable bonds is 5. The molecule has 0 aliphatic carbocycles. The van der Waals surface area contributed by atoms with E-state index in [4.69, 9.17) is 0 Å². The SMILES string of the molecule is Cc1c(N[C@H]2C[C@@H](c3ccc(C(=O)N4CC(C#Cc5ccc(C6CCC(=O)NC6=O)cc5)C4)cc3)CN(C)C2)cnn(C)c1=O.[HH].[HH]. The van der Waals surface area contributed by atoms with Crippen molar-refractivity contribution in [2.45, 2.75) is 44.1 Å². The number of anilines is 1. The number of hydrogen-bond acceptors (Lipinski definition) is 7. The van der Waals surface area contributed by atoms with E-state index in [9.17, 15) is 19.2 Å². The van der Waals surface area contributed by atoms with Crippen LogP contribution in [0, 0.1) is 24.7 Å². The number of imide groups is 1. The Morgan fingerprint density at radius 1 is 0.978 bits per heavy atom. The molecule has 1 aromatic heterocycles. The molecular weight excluding hydrogens is 568 g/mol. The highest BCUT2D eigenvalue weighted by molar-refractivity contribution is 6.01. The van der Waals surface area contributed by atoms with Crippen LogP contribution in [0.5, 0.6) is 0 Å². The average Bonchev–Trinajstić information content (AvgIpc) is 3.01. The molecule has 0 radical (unpaired) electrons. The van der Waals surface area contributed by atoms with Gasteiger partial charge in [-0.2, -0.15) is 5.10 Å². The van der Waals surface area contributed by atoms with Crippen LogP contribution in [0.1, 0.15) is 66.6 Å². The van der Waals surface area contributed by atoms with Gasteiger partial charge in [0.05, 0.1) is 23.7 Å². The van der Waals surface area contributed by atoms with Crippen molar-refractivity contribution in [2.75, 3.05) is 38.5 Å². The summed E-state index contributed by atoms with van der Waals surface area (Å²) in [5.41, 5.74) is 4.96. The van der Waals surface area contributed by atoms with Crippen LogP contribution in [-0.4, -0.2) is 76.6 Å². The smallest absolute Gasteiger partial charge is 0.271 e. The molecule has 3 aliphatic rings. The van der Waals surface area contributed by atoms with Gasteiger partial charge in [0.25, 0.3) is 11.5 Å². The Balaban J connectivity index is 0.00000250. The third kappa shape index (κ3) is 6.69. The van der Waals surface area contributed by atoms with Crippen molar-refractivity contribution in [1.82, 2.24) is 24.9 Å². The van der Waals surface area contributed by atoms with E-state index < -0.39 is 0 Å². The Bertz CT molecular complexity index is 1740. The second-order valence-corrected chi connectivity index (χ2v) is 12.5. The third-order valence-electron chi connectivity index (χ3n) is 9.14. The molecule has 236 valence electrons. The standard InChI is InChI=1S/C35H38N6O4.2H2/c1-22-31(17-36-40(3)34(22)44)37-29-16-28(20-39(2)21-29)25-10-12-27(13-11-25)35(45)41-18-24(19-41)5-4-23-6-8-26(9-7-23)30-14-15-32(42)38-33(30)43;;/h6-13,17,24,28-30,37H,14-16,18-21H2,1-3H3,(H,38,42,43);2*1H/t28-,29+,30?;;/m1../s1. The molecular formula is C35H42N6O4. The number of carbonyl (C=O) groups excluding carboxylic acids is 3. The van der Waals surface area contributed by atoms with Crippen molar-refractivity contribution in [2.24, 2.45) is 13.0 Å². The van der Waals surface area contributed by atoms with Gasteiger partial charge in [-0.3, -0.25) is 24.5 Å². The van der Waals surface area contributed by atoms with Crippen LogP contribution in [-0.2, 0) is 16.6 Å². The van der Waals surface area contributed by atoms with Crippen molar-refractivity contribution in [1.29, 1.82) is 0 Å². The fraction of sp³-hybridized carbons (Fsp3) is 0.400. The molecule has 10 nitrogen and oxygen atoms in total. The van der Waals surface area contributed by atoms with Gasteiger partial charge in [-0.05, 0) is 68.1 Å². The second-order valence-electron chi connectivity index (χ2n) is 12.5. The predicted octanol–water partition coefficient (Wildman–Crippen LogP) is 3.12. The van der Waals surface area contributed by atoms with Crippen LogP contribution in [0.2, 0.25) is 0 Å². The fourth-order valence-corrected chi connectivity index (χ4v) is 6.49. The van der Waals surface area contributed by atoms with Crippen LogP contribution in [0.25, 0.3) is 0 Å². The Labute approximate surface area is 265 Å². The monoisotopic (exact) mass is 610 g/mol. The van der Waals surface area contributed by atoms with E-state index in [1.54, 1.807) is 13.2 Å². The molecule has 0 bridgehead atoms. The van der Waals surface area contributed by atoms with Gasteiger partial charge in [-0.15, -0.1) is 0 Å². The maximum atomic E-state index is 13.1. The molecule has 3 aliphatic heterocycles. The largest absolute Gasteiger partial charge is 0.379 e. The average molecular weight is 611 g/mol. The van der Waals surface area contributed by atoms with Crippen LogP contribution in [0.15, 0.2) is 59.5 Å². The zero-order valence-electron chi connectivity index (χ0n) is 25.9. The van der Waals surface area contributed by atoms with Gasteiger partial charge in [0, 0.05) is 65.2 Å². The molecule has 0 saturated carbocycles. The fourth-order valence-electron chi connectivity index (χ4n) is 6.49. The van der Waals surface area contributed by atoms with Crippen LogP contribution in [0.4, 0.5) is 5.69 Å². The van der Waals surface area contributed by atoms with Gasteiger partial charge in [0.1, 0.15) is 0 Å². The lowest BCUT2D eigenvalue weighted by Crippen LogP contribution is -2.49. The number of piperidine rings is 2. The highest BCUT2D eigenvalue weighted by Gasteiger charge is 2.31. The molecule has 2 N–H and O–H groups in total. The molecule has 3 amide bonds. The van der Waals surface area contributed by atoms with E-state index in [2.05, 4.69) is 51.7 Å². The first kappa shape index (κ1) is 30.3. The minimum absolute atomic E-state index is 0. The first-order valence-corrected chi connectivity index (χ1v) is 15.5. The molecule has 4 heterocycles. The summed E-state index contributed by atoms with van der Waals surface area (Å²) >= 11 is 0. The first-order chi connectivity index (χ1) is 21.6. The molecule has 3 fully saturated rings. The van der Waals surface area contributed by atoms with Crippen molar-refractivity contribution >= 4 is 23.4 Å². The van der Waals surface area contributed by atoms with Gasteiger partial charge >= 0.3 is 0 Å². The lowest BCUT2D eigenvalue weighted by atomic mass is 9.87. The molecule has 3 aromatic rings. The predicted molar refractivity (Wildman–Crippen MR) is 175 cm³/mol. The molecule has 3 atom stereocenters. The number of aromatic nitrogens is 2. The maximum absolute atomic E-state index is 13.1. The number of likely N-dealkylation sites (tertiary alicyclic amines) is 2. The number of nitrogens with one attached hydrogen (secondary N) is 2. The van der Waals surface area contributed by atoms with Crippen molar-refractivity contribution in [3.63, 3.8) is 0 Å². The zero-order valence-corrected chi connectivity index (χ0v) is 25.9. The van der Waals surface area contributed by atoms with E-state index in [0.29, 0.717) is 43.0 Å². The quantitative estimate of drug-likeness (QED) is 0.337. The highest BCUT2D eigenvalue weighted by Crippen LogP contribution is 2.29. The molecule has 2 aromatic carbocycles. The highest BCUT2D eigenvalue weighted by atomic mass is 16.2. The number of hydrogen-bond donors (Lipinski definition) is 2. The number of carbonyl (C=O) groups is 3. The number of likely N-dealkylation sites (N-methyl/N-ethyl adjacent to an activating group) is 1. The molecule has 10 heteroatoms. The van der Waals surface area contributed by atoms with Crippen molar-refractivity contribution < 1.29 is 17.2 Å². The molecule has 3 saturated heterocycles. The Morgan fingerprint density at radius 3 is 2.40 bits per heavy atom. The zero-order chi connectivity index (χ0) is 31.7. The van der Waals surface area contributed by atoms with Gasteiger partial charge in [0.15, 0.2) is 0 Å². The van der Waals surface area contributed by atoms with Gasteiger partial charge in [-0.1, -0.05) is 36.1 Å². The summed E-state index contributed by atoms with van der Waals surface area (Å²) < 4.78 is 1.35. The number of amides is 3. The summed E-state index contributed by atoms with van der Waals surface area (Å²) in [6.45, 7) is 4.81. The Hall–Kier alpha value is -4.75. The Kier molecular flexibility index (Phi) is 8.55. The summed E-state index contributed by atoms with van der Waals surface area (Å²) in [5, 5.41) is 10.1. The van der Waals surface area contributed by atoms with Crippen LogP contribution >= 0.6 is 0 Å². The van der Waals surface area contributed by atoms with Crippen molar-refractivity contribution in [3.8, 4) is 11.8 Å². The van der Waals surface area contributed by atoms with E-state index in [1.165, 1.54) is 10.2 Å². The van der Waals surface area contributed by atoms with E-state index >= 15 is 0 Å². The molecule has 45 heavy (non-hydrogen) atoms. The molecule has 0 spiro atoms. The summed E-state index contributed by atoms with van der Waals surface area (Å²) in [6, 6.07) is 15.8. The van der Waals surface area contributed by atoms with Crippen LogP contribution in [0.3, 0.4) is 0 Å². The second kappa shape index (κ2) is 12.7. The molecule has 1 unspecified atom stereocenters. The van der Waals surface area contributed by atoms with E-state index in [1.807, 2.05) is 48.2 Å².